The van der Waals surface area contributed by atoms with E-state index in [4.69, 9.17) is 16.0 Å². The molecule has 0 spiro atoms. The van der Waals surface area contributed by atoms with Crippen LogP contribution in [0.4, 0.5) is 13.2 Å². The van der Waals surface area contributed by atoms with Gasteiger partial charge in [-0.25, -0.2) is 8.42 Å². The van der Waals surface area contributed by atoms with Crippen molar-refractivity contribution in [2.24, 2.45) is 0 Å². The Morgan fingerprint density at radius 3 is 2.52 bits per heavy atom. The molecule has 1 aromatic heterocycles. The Kier molecular flexibility index (Phi) is 5.80. The van der Waals surface area contributed by atoms with Crippen molar-refractivity contribution < 1.29 is 26.0 Å². The Balaban J connectivity index is 1.53. The van der Waals surface area contributed by atoms with Crippen molar-refractivity contribution in [1.82, 2.24) is 14.5 Å². The van der Waals surface area contributed by atoms with Crippen LogP contribution in [0.2, 0.25) is 5.02 Å². The summed E-state index contributed by atoms with van der Waals surface area (Å²) in [6.07, 6.45) is -3.18. The molecule has 1 aliphatic heterocycles. The van der Waals surface area contributed by atoms with Crippen LogP contribution in [0.25, 0.3) is 11.5 Å². The number of piperidine rings is 1. The summed E-state index contributed by atoms with van der Waals surface area (Å²) in [7, 11) is -3.74. The van der Waals surface area contributed by atoms with Gasteiger partial charge in [0.25, 0.3) is 0 Å². The Bertz CT molecular complexity index is 1180. The summed E-state index contributed by atoms with van der Waals surface area (Å²) >= 11 is 5.93. The number of sulfonamides is 1. The first-order chi connectivity index (χ1) is 14.6. The van der Waals surface area contributed by atoms with Crippen LogP contribution in [0, 0.1) is 0 Å². The van der Waals surface area contributed by atoms with Crippen LogP contribution >= 0.6 is 11.6 Å². The standard InChI is InChI=1S/C20H17ClF3N3O3S/c21-16-4-1-5-17(11-16)31(28,29)27-10-2-3-14(12-27)19-26-25-18(30-19)13-6-8-15(9-7-13)20(22,23)24/h1,4-9,11,14H,2-3,10,12H2. The lowest BCUT2D eigenvalue weighted by atomic mass is 10.00. The first-order valence-electron chi connectivity index (χ1n) is 9.41. The van der Waals surface area contributed by atoms with Crippen molar-refractivity contribution in [2.45, 2.75) is 29.8 Å². The third-order valence-corrected chi connectivity index (χ3v) is 7.16. The van der Waals surface area contributed by atoms with E-state index in [-0.39, 0.29) is 29.1 Å². The van der Waals surface area contributed by atoms with Gasteiger partial charge in [0.15, 0.2) is 0 Å². The van der Waals surface area contributed by atoms with Crippen LogP contribution in [0.5, 0.6) is 0 Å². The molecule has 31 heavy (non-hydrogen) atoms. The quantitative estimate of drug-likeness (QED) is 0.536. The second kappa shape index (κ2) is 8.25. The van der Waals surface area contributed by atoms with E-state index in [0.717, 1.165) is 12.1 Å². The first kappa shape index (κ1) is 21.8. The van der Waals surface area contributed by atoms with Gasteiger partial charge in [-0.1, -0.05) is 17.7 Å². The van der Waals surface area contributed by atoms with Crippen LogP contribution in [0.1, 0.15) is 30.2 Å². The SMILES string of the molecule is O=S(=O)(c1cccc(Cl)c1)N1CCCC(c2nnc(-c3ccc(C(F)(F)F)cc3)o2)C1. The zero-order valence-corrected chi connectivity index (χ0v) is 17.6. The Hall–Kier alpha value is -2.43. The van der Waals surface area contributed by atoms with Gasteiger partial charge in [0.2, 0.25) is 21.8 Å². The van der Waals surface area contributed by atoms with Crippen LogP contribution < -0.4 is 0 Å². The maximum atomic E-state index is 13.0. The van der Waals surface area contributed by atoms with Gasteiger partial charge in [-0.15, -0.1) is 10.2 Å². The highest BCUT2D eigenvalue weighted by atomic mass is 35.5. The molecule has 0 amide bonds. The maximum absolute atomic E-state index is 13.0. The largest absolute Gasteiger partial charge is 0.420 e. The fourth-order valence-electron chi connectivity index (χ4n) is 3.46. The number of alkyl halides is 3. The molecule has 2 aromatic carbocycles. The second-order valence-electron chi connectivity index (χ2n) is 7.18. The minimum atomic E-state index is -4.43. The zero-order valence-electron chi connectivity index (χ0n) is 16.0. The van der Waals surface area contributed by atoms with E-state index in [9.17, 15) is 21.6 Å². The van der Waals surface area contributed by atoms with Gasteiger partial charge >= 0.3 is 6.18 Å². The molecule has 0 radical (unpaired) electrons. The fourth-order valence-corrected chi connectivity index (χ4v) is 5.28. The van der Waals surface area contributed by atoms with E-state index in [0.29, 0.717) is 30.0 Å². The summed E-state index contributed by atoms with van der Waals surface area (Å²) in [4.78, 5) is 0.108. The fraction of sp³-hybridized carbons (Fsp3) is 0.300. The van der Waals surface area contributed by atoms with Gasteiger partial charge in [0.05, 0.1) is 16.4 Å². The Morgan fingerprint density at radius 2 is 1.84 bits per heavy atom. The normalized spacial score (nSPS) is 18.3. The molecule has 1 aliphatic rings. The van der Waals surface area contributed by atoms with E-state index in [2.05, 4.69) is 10.2 Å². The molecule has 1 saturated heterocycles. The Labute approximate surface area is 181 Å². The molecule has 6 nitrogen and oxygen atoms in total. The molecular formula is C20H17ClF3N3O3S. The zero-order chi connectivity index (χ0) is 22.2. The highest BCUT2D eigenvalue weighted by Crippen LogP contribution is 2.33. The van der Waals surface area contributed by atoms with Gasteiger partial charge in [0, 0.05) is 23.7 Å². The third kappa shape index (κ3) is 4.60. The van der Waals surface area contributed by atoms with E-state index in [1.807, 2.05) is 0 Å². The molecule has 0 N–H and O–H groups in total. The van der Waals surface area contributed by atoms with Crippen molar-refractivity contribution in [2.75, 3.05) is 13.1 Å². The van der Waals surface area contributed by atoms with E-state index in [1.165, 1.54) is 28.6 Å². The molecule has 0 aliphatic carbocycles. The number of benzene rings is 2. The van der Waals surface area contributed by atoms with Gasteiger partial charge in [0.1, 0.15) is 0 Å². The average molecular weight is 472 g/mol. The third-order valence-electron chi connectivity index (χ3n) is 5.07. The number of halogens is 4. The summed E-state index contributed by atoms with van der Waals surface area (Å²) in [5, 5.41) is 8.26. The number of rotatable bonds is 4. The molecule has 1 atom stereocenters. The number of hydrogen-bond donors (Lipinski definition) is 0. The molecule has 11 heteroatoms. The minimum Gasteiger partial charge on any atom is -0.420 e. The van der Waals surface area contributed by atoms with Crippen molar-refractivity contribution >= 4 is 21.6 Å². The van der Waals surface area contributed by atoms with Gasteiger partial charge in [-0.3, -0.25) is 0 Å². The van der Waals surface area contributed by atoms with Crippen LogP contribution in [0.3, 0.4) is 0 Å². The molecule has 3 aromatic rings. The molecule has 1 unspecified atom stereocenters. The van der Waals surface area contributed by atoms with Crippen LogP contribution in [0.15, 0.2) is 57.8 Å². The number of hydrogen-bond acceptors (Lipinski definition) is 5. The highest BCUT2D eigenvalue weighted by molar-refractivity contribution is 7.89. The van der Waals surface area contributed by atoms with Crippen molar-refractivity contribution in [3.63, 3.8) is 0 Å². The Morgan fingerprint density at radius 1 is 1.10 bits per heavy atom. The molecule has 0 saturated carbocycles. The lowest BCUT2D eigenvalue weighted by molar-refractivity contribution is -0.137. The highest BCUT2D eigenvalue weighted by Gasteiger charge is 2.34. The smallest absolute Gasteiger partial charge is 0.416 e. The van der Waals surface area contributed by atoms with E-state index in [1.54, 1.807) is 12.1 Å². The maximum Gasteiger partial charge on any atom is 0.416 e. The number of aromatic nitrogens is 2. The first-order valence-corrected chi connectivity index (χ1v) is 11.2. The van der Waals surface area contributed by atoms with Crippen LogP contribution in [-0.2, 0) is 16.2 Å². The van der Waals surface area contributed by atoms with E-state index < -0.39 is 21.8 Å². The summed E-state index contributed by atoms with van der Waals surface area (Å²) in [6, 6.07) is 10.5. The average Bonchev–Trinajstić information content (AvgIpc) is 3.24. The summed E-state index contributed by atoms with van der Waals surface area (Å²) in [6.45, 7) is 0.509. The van der Waals surface area contributed by atoms with Crippen LogP contribution in [-0.4, -0.2) is 36.0 Å². The van der Waals surface area contributed by atoms with Gasteiger partial charge < -0.3 is 4.42 Å². The van der Waals surface area contributed by atoms with Crippen molar-refractivity contribution in [3.8, 4) is 11.5 Å². The van der Waals surface area contributed by atoms with Crippen molar-refractivity contribution in [3.05, 3.63) is 65.0 Å². The van der Waals surface area contributed by atoms with Gasteiger partial charge in [-0.05, 0) is 55.3 Å². The molecule has 2 heterocycles. The summed E-state index contributed by atoms with van der Waals surface area (Å²) in [5.74, 6) is 0.0119. The molecule has 0 bridgehead atoms. The lowest BCUT2D eigenvalue weighted by Gasteiger charge is -2.30. The van der Waals surface area contributed by atoms with Crippen molar-refractivity contribution in [1.29, 1.82) is 0 Å². The molecule has 164 valence electrons. The lowest BCUT2D eigenvalue weighted by Crippen LogP contribution is -2.39. The van der Waals surface area contributed by atoms with E-state index >= 15 is 0 Å². The summed E-state index contributed by atoms with van der Waals surface area (Å²) in [5.41, 5.74) is -0.420. The molecular weight excluding hydrogens is 455 g/mol. The topological polar surface area (TPSA) is 76.3 Å². The predicted octanol–water partition coefficient (Wildman–Crippen LogP) is 4.98. The van der Waals surface area contributed by atoms with Gasteiger partial charge in [-0.2, -0.15) is 17.5 Å². The predicted molar refractivity (Wildman–Crippen MR) is 107 cm³/mol. The second-order valence-corrected chi connectivity index (χ2v) is 9.55. The molecule has 1 fully saturated rings. The number of nitrogens with zero attached hydrogens (tertiary/aromatic N) is 3. The molecule has 4 rings (SSSR count). The summed E-state index contributed by atoms with van der Waals surface area (Å²) < 4.78 is 71.2. The monoisotopic (exact) mass is 471 g/mol. The minimum absolute atomic E-state index is 0.0820.